The van der Waals surface area contributed by atoms with Crippen molar-refractivity contribution in [2.45, 2.75) is 17.9 Å². The first kappa shape index (κ1) is 19.6. The Labute approximate surface area is 155 Å². The van der Waals surface area contributed by atoms with E-state index >= 15 is 0 Å². The van der Waals surface area contributed by atoms with Gasteiger partial charge in [-0.05, 0) is 19.1 Å². The molecule has 8 nitrogen and oxygen atoms in total. The number of amides is 3. The molecule has 1 atom stereocenters. The van der Waals surface area contributed by atoms with Gasteiger partial charge >= 0.3 is 6.03 Å². The smallest absolute Gasteiger partial charge is 0.324 e. The number of halogens is 2. The van der Waals surface area contributed by atoms with E-state index < -0.39 is 38.6 Å². The molecule has 27 heavy (non-hydrogen) atoms. The maximum absolute atomic E-state index is 13.9. The molecule has 148 valence electrons. The zero-order valence-corrected chi connectivity index (χ0v) is 15.5. The first-order valence-electron chi connectivity index (χ1n) is 8.51. The van der Waals surface area contributed by atoms with E-state index in [1.54, 1.807) is 11.8 Å². The first-order chi connectivity index (χ1) is 12.7. The largest absolute Gasteiger partial charge is 0.336 e. The molecule has 3 amide bonds. The molecule has 0 saturated carbocycles. The number of hydrogen-bond donors (Lipinski definition) is 1. The molecule has 0 aromatic heterocycles. The van der Waals surface area contributed by atoms with Crippen LogP contribution >= 0.6 is 0 Å². The van der Waals surface area contributed by atoms with Crippen LogP contribution in [0.2, 0.25) is 0 Å². The van der Waals surface area contributed by atoms with Gasteiger partial charge < -0.3 is 5.32 Å². The number of nitrogens with zero attached hydrogens (tertiary/aromatic N) is 3. The Balaban J connectivity index is 1.68. The lowest BCUT2D eigenvalue weighted by atomic mass is 10.2. The van der Waals surface area contributed by atoms with E-state index in [0.717, 1.165) is 27.4 Å². The van der Waals surface area contributed by atoms with Gasteiger partial charge in [0, 0.05) is 39.3 Å². The highest BCUT2D eigenvalue weighted by Crippen LogP contribution is 2.24. The topological polar surface area (TPSA) is 90.0 Å². The molecular formula is C16H20F2N4O4S. The quantitative estimate of drug-likeness (QED) is 0.778. The van der Waals surface area contributed by atoms with Crippen molar-refractivity contribution >= 4 is 22.0 Å². The van der Waals surface area contributed by atoms with E-state index in [4.69, 9.17) is 0 Å². The van der Waals surface area contributed by atoms with Gasteiger partial charge in [0.1, 0.15) is 11.6 Å². The lowest BCUT2D eigenvalue weighted by Crippen LogP contribution is -2.55. The van der Waals surface area contributed by atoms with E-state index in [0.29, 0.717) is 13.1 Å². The van der Waals surface area contributed by atoms with Crippen LogP contribution in [0.1, 0.15) is 6.92 Å². The maximum Gasteiger partial charge on any atom is 0.324 e. The van der Waals surface area contributed by atoms with Crippen molar-refractivity contribution in [1.29, 1.82) is 0 Å². The molecule has 2 saturated heterocycles. The van der Waals surface area contributed by atoms with Crippen molar-refractivity contribution in [2.75, 3.05) is 39.3 Å². The molecular weight excluding hydrogens is 382 g/mol. The van der Waals surface area contributed by atoms with Crippen LogP contribution in [-0.2, 0) is 14.8 Å². The number of carbonyl (C=O) groups is 2. The lowest BCUT2D eigenvalue weighted by molar-refractivity contribution is -0.133. The van der Waals surface area contributed by atoms with Crippen molar-refractivity contribution in [1.82, 2.24) is 19.4 Å². The van der Waals surface area contributed by atoms with Gasteiger partial charge in [-0.3, -0.25) is 14.6 Å². The highest BCUT2D eigenvalue weighted by molar-refractivity contribution is 7.89. The normalized spacial score (nSPS) is 20.6. The second-order valence-electron chi connectivity index (χ2n) is 6.39. The summed E-state index contributed by atoms with van der Waals surface area (Å²) in [5.74, 6) is -2.64. The van der Waals surface area contributed by atoms with Crippen LogP contribution in [0, 0.1) is 11.6 Å². The van der Waals surface area contributed by atoms with Gasteiger partial charge in [-0.2, -0.15) is 4.31 Å². The Morgan fingerprint density at radius 3 is 2.22 bits per heavy atom. The summed E-state index contributed by atoms with van der Waals surface area (Å²) in [6.45, 7) is 2.73. The first-order valence-corrected chi connectivity index (χ1v) is 9.95. The summed E-state index contributed by atoms with van der Waals surface area (Å²) in [6.07, 6.45) is 0. The third-order valence-corrected chi connectivity index (χ3v) is 6.77. The van der Waals surface area contributed by atoms with E-state index in [1.807, 2.05) is 0 Å². The zero-order chi connectivity index (χ0) is 19.8. The molecule has 0 spiro atoms. The average Bonchev–Trinajstić information content (AvgIpc) is 3.06. The summed E-state index contributed by atoms with van der Waals surface area (Å²) in [5, 5.41) is 2.55. The molecule has 0 unspecified atom stereocenters. The fraction of sp³-hybridized carbons (Fsp3) is 0.500. The number of sulfonamides is 1. The molecule has 1 N–H and O–H groups in total. The SMILES string of the molecule is C[C@@H](C(=O)N1CCNC1=O)N1CCN(S(=O)(=O)c2c(F)cccc2F)CC1. The van der Waals surface area contributed by atoms with E-state index in [-0.39, 0.29) is 32.1 Å². The van der Waals surface area contributed by atoms with E-state index in [9.17, 15) is 26.8 Å². The predicted molar refractivity (Wildman–Crippen MR) is 91.3 cm³/mol. The highest BCUT2D eigenvalue weighted by Gasteiger charge is 2.37. The molecule has 0 radical (unpaired) electrons. The van der Waals surface area contributed by atoms with Crippen LogP contribution in [0.3, 0.4) is 0 Å². The number of hydrogen-bond acceptors (Lipinski definition) is 5. The van der Waals surface area contributed by atoms with Gasteiger partial charge in [0.2, 0.25) is 15.9 Å². The van der Waals surface area contributed by atoms with Crippen LogP contribution in [-0.4, -0.2) is 79.8 Å². The molecule has 2 heterocycles. The monoisotopic (exact) mass is 402 g/mol. The summed E-state index contributed by atoms with van der Waals surface area (Å²) in [5.41, 5.74) is 0. The number of nitrogens with one attached hydrogen (secondary N) is 1. The lowest BCUT2D eigenvalue weighted by Gasteiger charge is -2.37. The van der Waals surface area contributed by atoms with Gasteiger partial charge in [0.15, 0.2) is 4.90 Å². The van der Waals surface area contributed by atoms with Crippen molar-refractivity contribution in [3.8, 4) is 0 Å². The molecule has 3 rings (SSSR count). The minimum atomic E-state index is -4.32. The van der Waals surface area contributed by atoms with Crippen LogP contribution < -0.4 is 5.32 Å². The van der Waals surface area contributed by atoms with Crippen molar-refractivity contribution in [3.63, 3.8) is 0 Å². The highest BCUT2D eigenvalue weighted by atomic mass is 32.2. The van der Waals surface area contributed by atoms with Crippen molar-refractivity contribution in [2.24, 2.45) is 0 Å². The van der Waals surface area contributed by atoms with Crippen LogP contribution in [0.5, 0.6) is 0 Å². The van der Waals surface area contributed by atoms with E-state index in [1.165, 1.54) is 0 Å². The molecule has 2 fully saturated rings. The molecule has 2 aliphatic heterocycles. The number of urea groups is 1. The van der Waals surface area contributed by atoms with Gasteiger partial charge in [0.05, 0.1) is 6.04 Å². The Bertz CT molecular complexity index is 836. The number of benzene rings is 1. The number of carbonyl (C=O) groups excluding carboxylic acids is 2. The Hall–Kier alpha value is -2.11. The summed E-state index contributed by atoms with van der Waals surface area (Å²) in [4.78, 5) is 26.0. The molecule has 0 aliphatic carbocycles. The standard InChI is InChI=1S/C16H20F2N4O4S/c1-11(15(23)22-6-5-19-16(22)24)20-7-9-21(10-8-20)27(25,26)14-12(17)3-2-4-13(14)18/h2-4,11H,5-10H2,1H3,(H,19,24)/t11-/m0/s1. The second kappa shape index (κ2) is 7.49. The van der Waals surface area contributed by atoms with Gasteiger partial charge in [0.25, 0.3) is 0 Å². The number of piperazine rings is 1. The third kappa shape index (κ3) is 3.66. The summed E-state index contributed by atoms with van der Waals surface area (Å²) in [6, 6.07) is 1.85. The zero-order valence-electron chi connectivity index (χ0n) is 14.7. The summed E-state index contributed by atoms with van der Waals surface area (Å²) in [7, 11) is -4.32. The fourth-order valence-corrected chi connectivity index (χ4v) is 4.78. The third-order valence-electron chi connectivity index (χ3n) is 4.82. The Morgan fingerprint density at radius 1 is 1.11 bits per heavy atom. The van der Waals surface area contributed by atoms with Gasteiger partial charge in [-0.15, -0.1) is 0 Å². The number of rotatable bonds is 4. The summed E-state index contributed by atoms with van der Waals surface area (Å²) >= 11 is 0. The molecule has 1 aromatic rings. The van der Waals surface area contributed by atoms with Gasteiger partial charge in [-0.1, -0.05) is 6.07 Å². The van der Waals surface area contributed by atoms with Crippen LogP contribution in [0.15, 0.2) is 23.1 Å². The Morgan fingerprint density at radius 2 is 1.70 bits per heavy atom. The number of imide groups is 1. The fourth-order valence-electron chi connectivity index (χ4n) is 3.25. The second-order valence-corrected chi connectivity index (χ2v) is 8.26. The minimum absolute atomic E-state index is 0.0140. The Kier molecular flexibility index (Phi) is 5.45. The van der Waals surface area contributed by atoms with Crippen molar-refractivity contribution < 1.29 is 26.8 Å². The minimum Gasteiger partial charge on any atom is -0.336 e. The average molecular weight is 402 g/mol. The molecule has 1 aromatic carbocycles. The summed E-state index contributed by atoms with van der Waals surface area (Å²) < 4.78 is 53.9. The van der Waals surface area contributed by atoms with Crippen molar-refractivity contribution in [3.05, 3.63) is 29.8 Å². The van der Waals surface area contributed by atoms with Gasteiger partial charge in [-0.25, -0.2) is 22.0 Å². The molecule has 2 aliphatic rings. The van der Waals surface area contributed by atoms with Crippen LogP contribution in [0.25, 0.3) is 0 Å². The van der Waals surface area contributed by atoms with Crippen LogP contribution in [0.4, 0.5) is 13.6 Å². The molecule has 0 bridgehead atoms. The molecule has 11 heteroatoms. The maximum atomic E-state index is 13.9. The predicted octanol–water partition coefficient (Wildman–Crippen LogP) is 0.211. The van der Waals surface area contributed by atoms with E-state index in [2.05, 4.69) is 5.32 Å².